The van der Waals surface area contributed by atoms with E-state index < -0.39 is 0 Å². The van der Waals surface area contributed by atoms with E-state index in [9.17, 15) is 9.59 Å². The maximum absolute atomic E-state index is 12.7. The molecule has 25 heavy (non-hydrogen) atoms. The van der Waals surface area contributed by atoms with Crippen molar-refractivity contribution in [3.63, 3.8) is 0 Å². The van der Waals surface area contributed by atoms with Crippen LogP contribution in [0.1, 0.15) is 12.0 Å². The van der Waals surface area contributed by atoms with Gasteiger partial charge in [-0.15, -0.1) is 0 Å². The van der Waals surface area contributed by atoms with E-state index in [1.54, 1.807) is 24.0 Å². The molecule has 5 nitrogen and oxygen atoms in total. The Labute approximate surface area is 147 Å². The summed E-state index contributed by atoms with van der Waals surface area (Å²) in [5.41, 5.74) is 1.79. The molecular formula is C20H22N2O3. The monoisotopic (exact) mass is 338 g/mol. The van der Waals surface area contributed by atoms with Crippen LogP contribution in [-0.2, 0) is 16.1 Å². The SMILES string of the molecule is COc1ccccc1N1CC(C(=O)N(C)Cc2ccccc2)CC1=O. The average Bonchev–Trinajstić information content (AvgIpc) is 3.03. The van der Waals surface area contributed by atoms with Crippen molar-refractivity contribution in [1.29, 1.82) is 0 Å². The van der Waals surface area contributed by atoms with Gasteiger partial charge in [-0.05, 0) is 17.7 Å². The summed E-state index contributed by atoms with van der Waals surface area (Å²) in [6.07, 6.45) is 0.232. The molecule has 2 aromatic rings. The van der Waals surface area contributed by atoms with Crippen LogP contribution in [0.15, 0.2) is 54.6 Å². The van der Waals surface area contributed by atoms with E-state index in [1.165, 1.54) is 0 Å². The lowest BCUT2D eigenvalue weighted by Crippen LogP contribution is -2.34. The first-order valence-corrected chi connectivity index (χ1v) is 8.32. The van der Waals surface area contributed by atoms with Gasteiger partial charge < -0.3 is 14.5 Å². The summed E-state index contributed by atoms with van der Waals surface area (Å²) < 4.78 is 5.34. The van der Waals surface area contributed by atoms with Gasteiger partial charge in [0, 0.05) is 26.6 Å². The molecule has 0 aliphatic carbocycles. The van der Waals surface area contributed by atoms with Crippen molar-refractivity contribution in [3.05, 3.63) is 60.2 Å². The zero-order chi connectivity index (χ0) is 17.8. The zero-order valence-electron chi connectivity index (χ0n) is 14.5. The van der Waals surface area contributed by atoms with Gasteiger partial charge in [0.2, 0.25) is 11.8 Å². The standard InChI is InChI=1S/C20H22N2O3/c1-21(13-15-8-4-3-5-9-15)20(24)16-12-19(23)22(14-16)17-10-6-7-11-18(17)25-2/h3-11,16H,12-14H2,1-2H3. The highest BCUT2D eigenvalue weighted by molar-refractivity contribution is 6.01. The fraction of sp³-hybridized carbons (Fsp3) is 0.300. The molecule has 0 spiro atoms. The third-order valence-electron chi connectivity index (χ3n) is 4.49. The second kappa shape index (κ2) is 7.38. The van der Waals surface area contributed by atoms with E-state index in [1.807, 2.05) is 54.6 Å². The Bertz CT molecular complexity index is 761. The Balaban J connectivity index is 1.70. The molecule has 3 rings (SSSR count). The van der Waals surface area contributed by atoms with Gasteiger partial charge in [-0.2, -0.15) is 0 Å². The molecule has 1 saturated heterocycles. The first-order chi connectivity index (χ1) is 12.1. The summed E-state index contributed by atoms with van der Waals surface area (Å²) in [5.74, 6) is 0.262. The minimum absolute atomic E-state index is 0.00500. The maximum atomic E-state index is 12.7. The summed E-state index contributed by atoms with van der Waals surface area (Å²) >= 11 is 0. The van der Waals surface area contributed by atoms with Crippen LogP contribution in [0.3, 0.4) is 0 Å². The van der Waals surface area contributed by atoms with Crippen LogP contribution in [0.25, 0.3) is 0 Å². The minimum Gasteiger partial charge on any atom is -0.495 e. The zero-order valence-corrected chi connectivity index (χ0v) is 14.5. The van der Waals surface area contributed by atoms with Crippen molar-refractivity contribution in [2.45, 2.75) is 13.0 Å². The molecule has 130 valence electrons. The van der Waals surface area contributed by atoms with Crippen molar-refractivity contribution in [3.8, 4) is 5.75 Å². The Morgan fingerprint density at radius 1 is 1.16 bits per heavy atom. The molecule has 1 aliphatic heterocycles. The number of hydrogen-bond acceptors (Lipinski definition) is 3. The van der Waals surface area contributed by atoms with Gasteiger partial charge in [0.1, 0.15) is 5.75 Å². The van der Waals surface area contributed by atoms with Crippen LogP contribution in [0.4, 0.5) is 5.69 Å². The number of carbonyl (C=O) groups is 2. The topological polar surface area (TPSA) is 49.9 Å². The minimum atomic E-state index is -0.328. The van der Waals surface area contributed by atoms with Gasteiger partial charge in [0.05, 0.1) is 18.7 Å². The van der Waals surface area contributed by atoms with Gasteiger partial charge >= 0.3 is 0 Å². The predicted molar refractivity (Wildman–Crippen MR) is 96.4 cm³/mol. The Morgan fingerprint density at radius 3 is 2.56 bits per heavy atom. The van der Waals surface area contributed by atoms with Crippen LogP contribution in [-0.4, -0.2) is 37.4 Å². The third kappa shape index (κ3) is 3.65. The molecule has 1 aliphatic rings. The number of benzene rings is 2. The number of rotatable bonds is 5. The molecule has 0 bridgehead atoms. The average molecular weight is 338 g/mol. The molecule has 1 unspecified atom stereocenters. The van der Waals surface area contributed by atoms with Crippen molar-refractivity contribution >= 4 is 17.5 Å². The van der Waals surface area contributed by atoms with Crippen LogP contribution in [0.2, 0.25) is 0 Å². The summed E-state index contributed by atoms with van der Waals surface area (Å²) in [4.78, 5) is 28.5. The molecule has 0 saturated carbocycles. The molecular weight excluding hydrogens is 316 g/mol. The van der Waals surface area contributed by atoms with Crippen LogP contribution in [0, 0.1) is 5.92 Å². The summed E-state index contributed by atoms with van der Waals surface area (Å²) in [6.45, 7) is 0.927. The molecule has 1 fully saturated rings. The van der Waals surface area contributed by atoms with E-state index in [4.69, 9.17) is 4.74 Å². The lowest BCUT2D eigenvalue weighted by atomic mass is 10.1. The number of ether oxygens (including phenoxy) is 1. The summed E-state index contributed by atoms with van der Waals surface area (Å²) in [7, 11) is 3.36. The highest BCUT2D eigenvalue weighted by Crippen LogP contribution is 2.33. The predicted octanol–water partition coefficient (Wildman–Crippen LogP) is 2.71. The first kappa shape index (κ1) is 17.0. The van der Waals surface area contributed by atoms with Gasteiger partial charge in [0.25, 0.3) is 0 Å². The number of carbonyl (C=O) groups excluding carboxylic acids is 2. The van der Waals surface area contributed by atoms with E-state index in [0.717, 1.165) is 11.3 Å². The van der Waals surface area contributed by atoms with E-state index in [-0.39, 0.29) is 24.2 Å². The van der Waals surface area contributed by atoms with Crippen molar-refractivity contribution in [2.24, 2.45) is 5.92 Å². The number of para-hydroxylation sites is 2. The van der Waals surface area contributed by atoms with E-state index in [2.05, 4.69) is 0 Å². The fourth-order valence-corrected chi connectivity index (χ4v) is 3.21. The Morgan fingerprint density at radius 2 is 1.84 bits per heavy atom. The van der Waals surface area contributed by atoms with Crippen molar-refractivity contribution in [1.82, 2.24) is 4.90 Å². The van der Waals surface area contributed by atoms with Gasteiger partial charge in [0.15, 0.2) is 0 Å². The largest absolute Gasteiger partial charge is 0.495 e. The second-order valence-corrected chi connectivity index (χ2v) is 6.26. The smallest absolute Gasteiger partial charge is 0.228 e. The molecule has 2 amide bonds. The van der Waals surface area contributed by atoms with Crippen molar-refractivity contribution in [2.75, 3.05) is 25.6 Å². The summed E-state index contributed by atoms with van der Waals surface area (Å²) in [5, 5.41) is 0. The molecule has 0 radical (unpaired) electrons. The molecule has 2 aromatic carbocycles. The lowest BCUT2D eigenvalue weighted by molar-refractivity contribution is -0.135. The first-order valence-electron chi connectivity index (χ1n) is 8.32. The van der Waals surface area contributed by atoms with Crippen LogP contribution >= 0.6 is 0 Å². The summed E-state index contributed by atoms with van der Waals surface area (Å²) in [6, 6.07) is 17.2. The molecule has 5 heteroatoms. The van der Waals surface area contributed by atoms with E-state index >= 15 is 0 Å². The Kier molecular flexibility index (Phi) is 5.03. The number of anilines is 1. The quantitative estimate of drug-likeness (QED) is 0.842. The molecule has 1 atom stereocenters. The fourth-order valence-electron chi connectivity index (χ4n) is 3.21. The molecule has 0 N–H and O–H groups in total. The number of methoxy groups -OCH3 is 1. The Hall–Kier alpha value is -2.82. The van der Waals surface area contributed by atoms with Crippen LogP contribution < -0.4 is 9.64 Å². The van der Waals surface area contributed by atoms with E-state index in [0.29, 0.717) is 18.8 Å². The number of hydrogen-bond donors (Lipinski definition) is 0. The van der Waals surface area contributed by atoms with Gasteiger partial charge in [-0.25, -0.2) is 0 Å². The number of nitrogens with zero attached hydrogens (tertiary/aromatic N) is 2. The van der Waals surface area contributed by atoms with Crippen LogP contribution in [0.5, 0.6) is 5.75 Å². The highest BCUT2D eigenvalue weighted by atomic mass is 16.5. The second-order valence-electron chi connectivity index (χ2n) is 6.26. The molecule has 0 aromatic heterocycles. The normalized spacial score (nSPS) is 16.8. The maximum Gasteiger partial charge on any atom is 0.228 e. The third-order valence-corrected chi connectivity index (χ3v) is 4.49. The van der Waals surface area contributed by atoms with Gasteiger partial charge in [-0.3, -0.25) is 9.59 Å². The lowest BCUT2D eigenvalue weighted by Gasteiger charge is -2.22. The highest BCUT2D eigenvalue weighted by Gasteiger charge is 2.37. The number of amides is 2. The molecule has 1 heterocycles. The van der Waals surface area contributed by atoms with Gasteiger partial charge in [-0.1, -0.05) is 42.5 Å². The van der Waals surface area contributed by atoms with Crippen molar-refractivity contribution < 1.29 is 14.3 Å².